The summed E-state index contributed by atoms with van der Waals surface area (Å²) in [7, 11) is 1.15. The number of halogens is 1. The van der Waals surface area contributed by atoms with Crippen molar-refractivity contribution in [2.75, 3.05) is 7.11 Å². The molecule has 3 atom stereocenters. The Bertz CT molecular complexity index is 1120. The number of rotatable bonds is 5. The van der Waals surface area contributed by atoms with Gasteiger partial charge >= 0.3 is 0 Å². The Morgan fingerprint density at radius 1 is 1.23 bits per heavy atom. The van der Waals surface area contributed by atoms with E-state index in [9.17, 15) is 19.5 Å². The van der Waals surface area contributed by atoms with E-state index >= 15 is 0 Å². The molecule has 0 radical (unpaired) electrons. The molecule has 2 aromatic rings. The molecule has 9 heteroatoms. The largest absolute Gasteiger partial charge is 0.462 e. The second kappa shape index (κ2) is 7.33. The fourth-order valence-electron chi connectivity index (χ4n) is 3.91. The van der Waals surface area contributed by atoms with Crippen LogP contribution in [0.5, 0.6) is 0 Å². The average molecular weight is 446 g/mol. The van der Waals surface area contributed by atoms with Crippen molar-refractivity contribution in [1.29, 1.82) is 0 Å². The van der Waals surface area contributed by atoms with Crippen LogP contribution in [0.3, 0.4) is 0 Å². The molecule has 4 rings (SSSR count). The molecular formula is C22H20ClNO7. The van der Waals surface area contributed by atoms with Crippen LogP contribution in [0.4, 0.5) is 0 Å². The Labute approximate surface area is 182 Å². The first-order valence-electron chi connectivity index (χ1n) is 9.61. The van der Waals surface area contributed by atoms with Crippen LogP contribution in [-0.2, 0) is 25.5 Å². The van der Waals surface area contributed by atoms with Crippen molar-refractivity contribution in [2.45, 2.75) is 37.7 Å². The molecule has 162 valence electrons. The summed E-state index contributed by atoms with van der Waals surface area (Å²) in [4.78, 5) is 39.5. The predicted octanol–water partition coefficient (Wildman–Crippen LogP) is 2.28. The van der Waals surface area contributed by atoms with Gasteiger partial charge in [-0.05, 0) is 43.3 Å². The van der Waals surface area contributed by atoms with Gasteiger partial charge in [-0.1, -0.05) is 18.5 Å². The van der Waals surface area contributed by atoms with Crippen LogP contribution in [0.2, 0.25) is 5.02 Å². The molecule has 0 saturated carbocycles. The molecular weight excluding hydrogens is 426 g/mol. The number of ether oxygens (including phenoxy) is 2. The smallest absolute Gasteiger partial charge is 0.279 e. The highest BCUT2D eigenvalue weighted by Crippen LogP contribution is 2.46. The number of furan rings is 1. The first kappa shape index (κ1) is 21.3. The third-order valence-corrected chi connectivity index (χ3v) is 5.94. The van der Waals surface area contributed by atoms with E-state index in [4.69, 9.17) is 25.5 Å². The number of aliphatic hydroxyl groups excluding tert-OH is 1. The number of ketones is 2. The van der Waals surface area contributed by atoms with Gasteiger partial charge in [0.05, 0.1) is 0 Å². The van der Waals surface area contributed by atoms with Crippen LogP contribution in [0, 0.1) is 0 Å². The highest BCUT2D eigenvalue weighted by atomic mass is 35.5. The minimum atomic E-state index is -2.38. The summed E-state index contributed by atoms with van der Waals surface area (Å²) < 4.78 is 16.8. The van der Waals surface area contributed by atoms with Crippen LogP contribution < -0.4 is 5.32 Å². The van der Waals surface area contributed by atoms with Gasteiger partial charge in [-0.2, -0.15) is 0 Å². The molecule has 0 aliphatic carbocycles. The number of aryl methyl sites for hydroxylation is 1. The van der Waals surface area contributed by atoms with E-state index in [-0.39, 0.29) is 22.7 Å². The molecule has 1 fully saturated rings. The maximum absolute atomic E-state index is 13.2. The number of carbonyl (C=O) groups excluding carboxylic acids is 3. The van der Waals surface area contributed by atoms with Crippen molar-refractivity contribution in [2.24, 2.45) is 0 Å². The summed E-state index contributed by atoms with van der Waals surface area (Å²) in [5.41, 5.74) is -4.39. The molecule has 1 spiro atoms. The van der Waals surface area contributed by atoms with E-state index in [1.807, 2.05) is 6.92 Å². The second-order valence-corrected chi connectivity index (χ2v) is 7.81. The van der Waals surface area contributed by atoms with Crippen molar-refractivity contribution >= 4 is 34.8 Å². The lowest BCUT2D eigenvalue weighted by Gasteiger charge is -2.32. The number of carbonyl (C=O) groups is 3. The Morgan fingerprint density at radius 3 is 2.48 bits per heavy atom. The van der Waals surface area contributed by atoms with Crippen LogP contribution in [-0.4, -0.2) is 47.1 Å². The van der Waals surface area contributed by atoms with E-state index in [2.05, 4.69) is 5.32 Å². The lowest BCUT2D eigenvalue weighted by molar-refractivity contribution is -0.156. The number of hydrogen-bond acceptors (Lipinski definition) is 7. The van der Waals surface area contributed by atoms with E-state index in [0.717, 1.165) is 7.11 Å². The lowest BCUT2D eigenvalue weighted by Crippen LogP contribution is -2.60. The molecule has 2 aliphatic rings. The highest BCUT2D eigenvalue weighted by Gasteiger charge is 2.74. The van der Waals surface area contributed by atoms with Gasteiger partial charge in [0.1, 0.15) is 5.76 Å². The zero-order valence-corrected chi connectivity index (χ0v) is 17.8. The standard InChI is InChI=1S/C22H20ClNO7/c1-4-14-9-10-15(30-14)16-11(2)17(25)21(31-16)19(27)22(29-3,24-20(21)28)18(26)12-5-7-13(23)8-6-12/h5-10,19,27H,4H2,1-3H3,(H,24,28)/t19-,21+,22-/m1/s1. The molecule has 0 unspecified atom stereocenters. The Balaban J connectivity index is 1.75. The van der Waals surface area contributed by atoms with Crippen molar-refractivity contribution in [3.05, 3.63) is 64.1 Å². The normalized spacial score (nSPS) is 27.7. The minimum absolute atomic E-state index is 0.0322. The van der Waals surface area contributed by atoms with Gasteiger partial charge in [0.2, 0.25) is 17.3 Å². The lowest BCUT2D eigenvalue weighted by atomic mass is 9.85. The number of methoxy groups -OCH3 is 1. The molecule has 1 aromatic heterocycles. The number of aliphatic hydroxyl groups is 1. The van der Waals surface area contributed by atoms with Gasteiger partial charge in [0.15, 0.2) is 17.6 Å². The maximum Gasteiger partial charge on any atom is 0.279 e. The number of nitrogens with one attached hydrogen (secondary N) is 1. The first-order valence-corrected chi connectivity index (χ1v) is 9.99. The van der Waals surface area contributed by atoms with Crippen LogP contribution >= 0.6 is 11.6 Å². The molecule has 31 heavy (non-hydrogen) atoms. The van der Waals surface area contributed by atoms with Crippen molar-refractivity contribution in [3.63, 3.8) is 0 Å². The maximum atomic E-state index is 13.2. The van der Waals surface area contributed by atoms with Gasteiger partial charge in [0, 0.05) is 29.7 Å². The zero-order valence-electron chi connectivity index (χ0n) is 17.0. The fraction of sp³-hybridized carbons (Fsp3) is 0.318. The molecule has 8 nitrogen and oxygen atoms in total. The van der Waals surface area contributed by atoms with Gasteiger partial charge in [0.25, 0.3) is 11.5 Å². The number of benzene rings is 1. The van der Waals surface area contributed by atoms with Gasteiger partial charge in [-0.3, -0.25) is 14.4 Å². The van der Waals surface area contributed by atoms with E-state index in [0.29, 0.717) is 17.2 Å². The Hall–Kier alpha value is -2.94. The summed E-state index contributed by atoms with van der Waals surface area (Å²) in [5.74, 6) is -1.56. The van der Waals surface area contributed by atoms with Crippen LogP contribution in [0.25, 0.3) is 5.76 Å². The Morgan fingerprint density at radius 2 is 1.90 bits per heavy atom. The molecule has 3 heterocycles. The van der Waals surface area contributed by atoms with Gasteiger partial charge < -0.3 is 24.3 Å². The van der Waals surface area contributed by atoms with Crippen molar-refractivity contribution in [3.8, 4) is 0 Å². The van der Waals surface area contributed by atoms with Crippen molar-refractivity contribution < 1.29 is 33.4 Å². The van der Waals surface area contributed by atoms with Crippen LogP contribution in [0.1, 0.15) is 35.7 Å². The molecule has 1 amide bonds. The predicted molar refractivity (Wildman–Crippen MR) is 109 cm³/mol. The van der Waals surface area contributed by atoms with E-state index in [1.165, 1.54) is 31.2 Å². The van der Waals surface area contributed by atoms with E-state index in [1.54, 1.807) is 12.1 Å². The summed E-state index contributed by atoms with van der Waals surface area (Å²) >= 11 is 5.88. The molecule has 2 aliphatic heterocycles. The van der Waals surface area contributed by atoms with Crippen LogP contribution in [0.15, 0.2) is 46.4 Å². The molecule has 1 saturated heterocycles. The summed E-state index contributed by atoms with van der Waals surface area (Å²) in [6.45, 7) is 3.36. The molecule has 0 bridgehead atoms. The topological polar surface area (TPSA) is 115 Å². The SMILES string of the molecule is CCc1ccc(C2=C(C)C(=O)[C@@]3(O2)C(=O)N[C@@](OC)(C(=O)c2ccc(Cl)cc2)[C@@H]3O)o1. The average Bonchev–Trinajstić information content (AvgIpc) is 3.41. The van der Waals surface area contributed by atoms with Gasteiger partial charge in [-0.25, -0.2) is 0 Å². The molecule has 2 N–H and O–H groups in total. The van der Waals surface area contributed by atoms with Crippen molar-refractivity contribution in [1.82, 2.24) is 5.32 Å². The summed E-state index contributed by atoms with van der Waals surface area (Å²) in [6, 6.07) is 9.17. The number of amides is 1. The fourth-order valence-corrected chi connectivity index (χ4v) is 4.04. The summed E-state index contributed by atoms with van der Waals surface area (Å²) in [5, 5.41) is 13.9. The third-order valence-electron chi connectivity index (χ3n) is 5.69. The second-order valence-electron chi connectivity index (χ2n) is 7.37. The minimum Gasteiger partial charge on any atom is -0.462 e. The quantitative estimate of drug-likeness (QED) is 0.536. The third kappa shape index (κ3) is 2.86. The highest BCUT2D eigenvalue weighted by molar-refractivity contribution is 6.30. The monoisotopic (exact) mass is 445 g/mol. The summed E-state index contributed by atoms with van der Waals surface area (Å²) in [6.07, 6.45) is -1.35. The first-order chi connectivity index (χ1) is 14.7. The number of Topliss-reactive ketones (excluding diaryl/α,β-unsaturated/α-hetero) is 2. The number of hydrogen-bond donors (Lipinski definition) is 2. The van der Waals surface area contributed by atoms with Gasteiger partial charge in [-0.15, -0.1) is 0 Å². The zero-order chi connectivity index (χ0) is 22.6. The van der Waals surface area contributed by atoms with E-state index < -0.39 is 34.9 Å². The Kier molecular flexibility index (Phi) is 5.04. The molecule has 1 aromatic carbocycles.